The summed E-state index contributed by atoms with van der Waals surface area (Å²) >= 11 is 0. The lowest BCUT2D eigenvalue weighted by molar-refractivity contribution is -0.127. The van der Waals surface area contributed by atoms with Crippen molar-refractivity contribution in [2.24, 2.45) is 5.92 Å². The van der Waals surface area contributed by atoms with Gasteiger partial charge in [-0.3, -0.25) is 9.36 Å². The van der Waals surface area contributed by atoms with Crippen LogP contribution in [0.3, 0.4) is 0 Å². The van der Waals surface area contributed by atoms with Crippen molar-refractivity contribution < 1.29 is 23.1 Å². The number of anilines is 3. The molecule has 1 atom stereocenters. The van der Waals surface area contributed by atoms with Gasteiger partial charge in [-0.05, 0) is 46.5 Å². The molecule has 9 nitrogen and oxygen atoms in total. The second-order valence-corrected chi connectivity index (χ2v) is 9.47. The van der Waals surface area contributed by atoms with Crippen LogP contribution in [0.5, 0.6) is 0 Å². The predicted molar refractivity (Wildman–Crippen MR) is 129 cm³/mol. The van der Waals surface area contributed by atoms with Gasteiger partial charge in [0.15, 0.2) is 17.3 Å². The van der Waals surface area contributed by atoms with E-state index in [2.05, 4.69) is 30.9 Å². The maximum Gasteiger partial charge on any atom is 0.224 e. The van der Waals surface area contributed by atoms with Crippen LogP contribution < -0.4 is 16.0 Å². The van der Waals surface area contributed by atoms with Gasteiger partial charge in [-0.1, -0.05) is 0 Å². The third kappa shape index (κ3) is 5.53. The summed E-state index contributed by atoms with van der Waals surface area (Å²) in [6, 6.07) is 0.784. The molecule has 4 rings (SSSR count). The molecule has 1 aliphatic rings. The number of fused-ring (bicyclic) bond motifs is 1. The number of benzene rings is 1. The van der Waals surface area contributed by atoms with Gasteiger partial charge >= 0.3 is 0 Å². The molecule has 0 saturated heterocycles. The second-order valence-electron chi connectivity index (χ2n) is 9.47. The molecule has 3 aromatic rings. The predicted octanol–water partition coefficient (Wildman–Crippen LogP) is 4.04. The number of aromatic nitrogens is 4. The lowest BCUT2D eigenvalue weighted by atomic mass is 9.85. The number of hydrogen-bond donors (Lipinski definition) is 4. The zero-order chi connectivity index (χ0) is 26.0. The van der Waals surface area contributed by atoms with Crippen LogP contribution in [0.2, 0.25) is 0 Å². The number of amides is 1. The minimum absolute atomic E-state index is 0.0779. The maximum absolute atomic E-state index is 14.4. The molecule has 0 radical (unpaired) electrons. The van der Waals surface area contributed by atoms with E-state index in [-0.39, 0.29) is 42.5 Å². The maximum atomic E-state index is 14.4. The van der Waals surface area contributed by atoms with E-state index in [1.54, 1.807) is 11.5 Å². The molecule has 1 fully saturated rings. The Morgan fingerprint density at radius 3 is 2.39 bits per heavy atom. The van der Waals surface area contributed by atoms with Crippen LogP contribution in [-0.4, -0.2) is 49.2 Å². The van der Waals surface area contributed by atoms with Crippen molar-refractivity contribution in [3.8, 4) is 0 Å². The first-order valence-corrected chi connectivity index (χ1v) is 12.0. The number of carbonyl (C=O) groups is 1. The molecule has 0 bridgehead atoms. The Hall–Kier alpha value is -3.41. The summed E-state index contributed by atoms with van der Waals surface area (Å²) in [4.78, 5) is 25.9. The molecule has 2 heterocycles. The quantitative estimate of drug-likeness (QED) is 0.365. The highest BCUT2D eigenvalue weighted by molar-refractivity contribution is 5.79. The van der Waals surface area contributed by atoms with Gasteiger partial charge in [-0.25, -0.2) is 23.1 Å². The van der Waals surface area contributed by atoms with E-state index in [4.69, 9.17) is 0 Å². The standard InChI is InChI=1S/C24H30F3N7O2/c1-12(2)29-23-28-10-19-21(33-23)34(16-6-4-14(5-7-16)22(36)30-13(3)11-35)24(31-19)32-20-17(26)8-15(25)9-18(20)27/h8-10,12-14,16,35H,4-7,11H2,1-3H3,(H,30,36)(H,31,32)(H,28,29,33). The highest BCUT2D eigenvalue weighted by Gasteiger charge is 2.31. The summed E-state index contributed by atoms with van der Waals surface area (Å²) in [5.74, 6) is -2.98. The number of aliphatic hydroxyl groups is 1. The summed E-state index contributed by atoms with van der Waals surface area (Å²) in [5.41, 5.74) is 0.374. The molecule has 1 aromatic carbocycles. The van der Waals surface area contributed by atoms with E-state index in [0.717, 1.165) is 0 Å². The summed E-state index contributed by atoms with van der Waals surface area (Å²) < 4.78 is 44.1. The van der Waals surface area contributed by atoms with Gasteiger partial charge in [0.25, 0.3) is 0 Å². The number of halogens is 3. The lowest BCUT2D eigenvalue weighted by Gasteiger charge is -2.30. The molecular weight excluding hydrogens is 475 g/mol. The average Bonchev–Trinajstić information content (AvgIpc) is 3.18. The third-order valence-electron chi connectivity index (χ3n) is 6.19. The van der Waals surface area contributed by atoms with Crippen LogP contribution in [-0.2, 0) is 4.79 Å². The van der Waals surface area contributed by atoms with Crippen LogP contribution in [0, 0.1) is 23.4 Å². The average molecular weight is 506 g/mol. The van der Waals surface area contributed by atoms with E-state index in [1.807, 2.05) is 13.8 Å². The van der Waals surface area contributed by atoms with E-state index in [0.29, 0.717) is 54.9 Å². The summed E-state index contributed by atoms with van der Waals surface area (Å²) in [7, 11) is 0. The van der Waals surface area contributed by atoms with Gasteiger partial charge in [-0.2, -0.15) is 4.98 Å². The summed E-state index contributed by atoms with van der Waals surface area (Å²) in [6.45, 7) is 5.49. The van der Waals surface area contributed by atoms with Crippen molar-refractivity contribution in [2.45, 2.75) is 64.6 Å². The van der Waals surface area contributed by atoms with Crippen molar-refractivity contribution in [3.05, 3.63) is 35.8 Å². The molecule has 1 amide bonds. The highest BCUT2D eigenvalue weighted by Crippen LogP contribution is 2.37. The minimum atomic E-state index is -1.09. The zero-order valence-corrected chi connectivity index (χ0v) is 20.4. The molecular formula is C24H30F3N7O2. The van der Waals surface area contributed by atoms with Gasteiger partial charge in [0, 0.05) is 36.2 Å². The van der Waals surface area contributed by atoms with Crippen LogP contribution in [0.25, 0.3) is 11.2 Å². The third-order valence-corrected chi connectivity index (χ3v) is 6.19. The minimum Gasteiger partial charge on any atom is -0.394 e. The second kappa shape index (κ2) is 10.7. The van der Waals surface area contributed by atoms with Crippen LogP contribution in [0.15, 0.2) is 18.3 Å². The number of carbonyl (C=O) groups excluding carboxylic acids is 1. The molecule has 0 aliphatic heterocycles. The fraction of sp³-hybridized carbons (Fsp3) is 0.500. The van der Waals surface area contributed by atoms with E-state index in [9.17, 15) is 23.1 Å². The van der Waals surface area contributed by atoms with Gasteiger partial charge in [0.1, 0.15) is 17.0 Å². The van der Waals surface area contributed by atoms with Crippen LogP contribution >= 0.6 is 0 Å². The molecule has 1 unspecified atom stereocenters. The van der Waals surface area contributed by atoms with Crippen LogP contribution in [0.1, 0.15) is 52.5 Å². The van der Waals surface area contributed by atoms with Gasteiger partial charge in [0.2, 0.25) is 17.8 Å². The first-order valence-electron chi connectivity index (χ1n) is 12.0. The summed E-state index contributed by atoms with van der Waals surface area (Å²) in [5, 5.41) is 17.8. The number of aliphatic hydroxyl groups excluding tert-OH is 1. The molecule has 12 heteroatoms. The monoisotopic (exact) mass is 505 g/mol. The van der Waals surface area contributed by atoms with Crippen molar-refractivity contribution in [1.82, 2.24) is 24.8 Å². The Kier molecular flexibility index (Phi) is 7.62. The number of rotatable bonds is 8. The normalized spacial score (nSPS) is 18.9. The van der Waals surface area contributed by atoms with Crippen molar-refractivity contribution >= 4 is 34.7 Å². The van der Waals surface area contributed by atoms with Gasteiger partial charge < -0.3 is 21.1 Å². The Morgan fingerprint density at radius 1 is 1.11 bits per heavy atom. The topological polar surface area (TPSA) is 117 Å². The van der Waals surface area contributed by atoms with Gasteiger partial charge in [-0.15, -0.1) is 0 Å². The fourth-order valence-electron chi connectivity index (χ4n) is 4.43. The zero-order valence-electron chi connectivity index (χ0n) is 20.4. The number of nitrogens with one attached hydrogen (secondary N) is 3. The molecule has 0 spiro atoms. The largest absolute Gasteiger partial charge is 0.394 e. The van der Waals surface area contributed by atoms with E-state index in [1.165, 1.54) is 6.20 Å². The Bertz CT molecular complexity index is 1220. The summed E-state index contributed by atoms with van der Waals surface area (Å²) in [6.07, 6.45) is 3.88. The molecule has 1 aliphatic carbocycles. The lowest BCUT2D eigenvalue weighted by Crippen LogP contribution is -2.40. The number of hydrogen-bond acceptors (Lipinski definition) is 7. The van der Waals surface area contributed by atoms with Crippen molar-refractivity contribution in [3.63, 3.8) is 0 Å². The molecule has 194 valence electrons. The molecule has 2 aromatic heterocycles. The molecule has 1 saturated carbocycles. The first kappa shape index (κ1) is 25.7. The Balaban J connectivity index is 1.67. The first-order chi connectivity index (χ1) is 17.2. The fourth-order valence-corrected chi connectivity index (χ4v) is 4.43. The van der Waals surface area contributed by atoms with E-state index >= 15 is 0 Å². The number of nitrogens with zero attached hydrogens (tertiary/aromatic N) is 4. The Morgan fingerprint density at radius 2 is 1.78 bits per heavy atom. The highest BCUT2D eigenvalue weighted by atomic mass is 19.1. The Labute approximate surface area is 206 Å². The molecule has 36 heavy (non-hydrogen) atoms. The smallest absolute Gasteiger partial charge is 0.224 e. The van der Waals surface area contributed by atoms with Crippen molar-refractivity contribution in [1.29, 1.82) is 0 Å². The molecule has 4 N–H and O–H groups in total. The SMILES string of the molecule is CC(C)Nc1ncc2nc(Nc3c(F)cc(F)cc3F)n(C3CCC(C(=O)NC(C)CO)CC3)c2n1. The van der Waals surface area contributed by atoms with E-state index < -0.39 is 23.1 Å². The van der Waals surface area contributed by atoms with Crippen LogP contribution in [0.4, 0.5) is 30.8 Å². The van der Waals surface area contributed by atoms with Gasteiger partial charge in [0.05, 0.1) is 12.8 Å². The number of imidazole rings is 1. The van der Waals surface area contributed by atoms with Crippen molar-refractivity contribution in [2.75, 3.05) is 17.2 Å².